The van der Waals surface area contributed by atoms with E-state index in [0.717, 1.165) is 6.08 Å². The summed E-state index contributed by atoms with van der Waals surface area (Å²) in [6.07, 6.45) is -3.19. The molecule has 1 aromatic rings. The van der Waals surface area contributed by atoms with Gasteiger partial charge in [0, 0.05) is 37.5 Å². The standard InChI is InChI=1S/C32H39F3N2O11/c1-31(2,3)48-27(41)11-9-22(16-38)37-25(39)12-13-36-29(42)21-14-23-28(46-18-45-23)24(15-21)47-30(43)20-7-4-19(5-8-20)6-10-26(40)44-17-32(33,34)35/h4-8,10,14,22-24,28,38H,9,11-13,15-18H2,1-3H3,(H,36,42)(H,37,39)/t22-,23+,24+,28+/m0/s1. The number of aliphatic hydroxyl groups is 1. The van der Waals surface area contributed by atoms with Crippen molar-refractivity contribution in [2.24, 2.45) is 0 Å². The van der Waals surface area contributed by atoms with Crippen LogP contribution in [0.25, 0.3) is 6.08 Å². The number of esters is 3. The van der Waals surface area contributed by atoms with Crippen LogP contribution in [0.5, 0.6) is 0 Å². The minimum atomic E-state index is -4.64. The molecule has 0 radical (unpaired) electrons. The van der Waals surface area contributed by atoms with E-state index < -0.39 is 72.5 Å². The van der Waals surface area contributed by atoms with Gasteiger partial charge in [-0.25, -0.2) is 9.59 Å². The summed E-state index contributed by atoms with van der Waals surface area (Å²) in [4.78, 5) is 61.6. The van der Waals surface area contributed by atoms with Gasteiger partial charge in [-0.05, 0) is 57.0 Å². The van der Waals surface area contributed by atoms with Gasteiger partial charge in [-0.2, -0.15) is 13.2 Å². The van der Waals surface area contributed by atoms with Gasteiger partial charge in [0.1, 0.15) is 30.7 Å². The molecule has 3 rings (SSSR count). The summed E-state index contributed by atoms with van der Waals surface area (Å²) >= 11 is 0. The number of benzene rings is 1. The second kappa shape index (κ2) is 17.2. The molecule has 3 N–H and O–H groups in total. The molecule has 0 aromatic heterocycles. The van der Waals surface area contributed by atoms with E-state index in [1.165, 1.54) is 30.3 Å². The predicted molar refractivity (Wildman–Crippen MR) is 161 cm³/mol. The Labute approximate surface area is 274 Å². The molecule has 0 saturated carbocycles. The van der Waals surface area contributed by atoms with Crippen molar-refractivity contribution >= 4 is 35.8 Å². The summed E-state index contributed by atoms with van der Waals surface area (Å²) in [6.45, 7) is 2.99. The van der Waals surface area contributed by atoms with Crippen molar-refractivity contribution in [3.63, 3.8) is 0 Å². The fourth-order valence-electron chi connectivity index (χ4n) is 4.62. The number of fused-ring (bicyclic) bond motifs is 1. The van der Waals surface area contributed by atoms with Gasteiger partial charge < -0.3 is 39.4 Å². The Kier molecular flexibility index (Phi) is 13.7. The van der Waals surface area contributed by atoms with Gasteiger partial charge in [0.25, 0.3) is 0 Å². The van der Waals surface area contributed by atoms with Gasteiger partial charge in [-0.15, -0.1) is 0 Å². The number of alkyl halides is 3. The van der Waals surface area contributed by atoms with Gasteiger partial charge in [0.15, 0.2) is 6.61 Å². The van der Waals surface area contributed by atoms with Crippen molar-refractivity contribution < 1.29 is 65.9 Å². The molecule has 1 fully saturated rings. The van der Waals surface area contributed by atoms with E-state index >= 15 is 0 Å². The Hall–Kier alpha value is -4.28. The molecule has 1 heterocycles. The van der Waals surface area contributed by atoms with Crippen molar-refractivity contribution in [3.05, 3.63) is 53.1 Å². The number of carbonyl (C=O) groups is 5. The number of amides is 2. The molecule has 2 amide bonds. The summed E-state index contributed by atoms with van der Waals surface area (Å²) in [5.41, 5.74) is 0.135. The minimum absolute atomic E-state index is 0.00495. The number of halogens is 3. The number of nitrogens with one attached hydrogen (secondary N) is 2. The molecule has 0 bridgehead atoms. The summed E-state index contributed by atoms with van der Waals surface area (Å²) < 4.78 is 62.6. The first-order chi connectivity index (χ1) is 22.5. The maximum absolute atomic E-state index is 12.9. The summed E-state index contributed by atoms with van der Waals surface area (Å²) in [6, 6.07) is 5.01. The average Bonchev–Trinajstić information content (AvgIpc) is 3.49. The third-order valence-electron chi connectivity index (χ3n) is 6.82. The van der Waals surface area contributed by atoms with Crippen LogP contribution in [0.4, 0.5) is 13.2 Å². The van der Waals surface area contributed by atoms with E-state index in [1.54, 1.807) is 26.8 Å². The molecule has 16 heteroatoms. The van der Waals surface area contributed by atoms with Crippen molar-refractivity contribution in [3.8, 4) is 0 Å². The number of rotatable bonds is 14. The van der Waals surface area contributed by atoms with Gasteiger partial charge >= 0.3 is 24.1 Å². The molecule has 13 nitrogen and oxygen atoms in total. The molecule has 4 atom stereocenters. The van der Waals surface area contributed by atoms with Gasteiger partial charge in [0.2, 0.25) is 11.8 Å². The SMILES string of the molecule is CC(C)(C)OC(=O)CC[C@@H](CO)NC(=O)CCNC(=O)C1=C[C@H]2OCO[C@H]2[C@H](OC(=O)c2ccc(C=CC(=O)OCC(F)(F)F)cc2)C1. The third kappa shape index (κ3) is 13.1. The van der Waals surface area contributed by atoms with Gasteiger partial charge in [0.05, 0.1) is 18.2 Å². The quantitative estimate of drug-likeness (QED) is 0.149. The molecule has 0 unspecified atom stereocenters. The van der Waals surface area contributed by atoms with Crippen molar-refractivity contribution in [2.45, 2.75) is 82.6 Å². The van der Waals surface area contributed by atoms with Crippen LogP contribution < -0.4 is 10.6 Å². The topological polar surface area (TPSA) is 176 Å². The molecule has 2 aliphatic rings. The lowest BCUT2D eigenvalue weighted by molar-refractivity contribution is -0.182. The summed E-state index contributed by atoms with van der Waals surface area (Å²) in [5.74, 6) is -3.33. The van der Waals surface area contributed by atoms with E-state index in [0.29, 0.717) is 5.56 Å². The maximum Gasteiger partial charge on any atom is 0.422 e. The molecule has 264 valence electrons. The lowest BCUT2D eigenvalue weighted by atomic mass is 9.91. The average molecular weight is 685 g/mol. The molecular formula is C32H39F3N2O11. The van der Waals surface area contributed by atoms with Crippen LogP contribution in [0.3, 0.4) is 0 Å². The van der Waals surface area contributed by atoms with Crippen molar-refractivity contribution in [2.75, 3.05) is 26.6 Å². The first kappa shape index (κ1) is 38.2. The second-order valence-electron chi connectivity index (χ2n) is 12.0. The summed E-state index contributed by atoms with van der Waals surface area (Å²) in [5, 5.41) is 14.8. The van der Waals surface area contributed by atoms with Crippen LogP contribution in [0.1, 0.15) is 62.4 Å². The van der Waals surface area contributed by atoms with E-state index in [4.69, 9.17) is 18.9 Å². The van der Waals surface area contributed by atoms with Crippen LogP contribution in [0.15, 0.2) is 42.0 Å². The Balaban J connectivity index is 1.48. The van der Waals surface area contributed by atoms with Gasteiger partial charge in [-0.3, -0.25) is 14.4 Å². The third-order valence-corrected chi connectivity index (χ3v) is 6.82. The highest BCUT2D eigenvalue weighted by molar-refractivity contribution is 5.94. The highest BCUT2D eigenvalue weighted by Gasteiger charge is 2.42. The highest BCUT2D eigenvalue weighted by Crippen LogP contribution is 2.31. The molecule has 1 aliphatic carbocycles. The number of hydrogen-bond acceptors (Lipinski definition) is 11. The van der Waals surface area contributed by atoms with Crippen LogP contribution >= 0.6 is 0 Å². The number of hydrogen-bond donors (Lipinski definition) is 3. The summed E-state index contributed by atoms with van der Waals surface area (Å²) in [7, 11) is 0. The second-order valence-corrected chi connectivity index (χ2v) is 12.0. The number of ether oxygens (including phenoxy) is 5. The lowest BCUT2D eigenvalue weighted by Gasteiger charge is -2.30. The van der Waals surface area contributed by atoms with E-state index in [2.05, 4.69) is 15.4 Å². The Morgan fingerprint density at radius 2 is 1.77 bits per heavy atom. The normalized spacial score (nSPS) is 19.9. The first-order valence-electron chi connectivity index (χ1n) is 15.1. The van der Waals surface area contributed by atoms with Gasteiger partial charge in [-0.1, -0.05) is 12.1 Å². The van der Waals surface area contributed by atoms with E-state index in [9.17, 15) is 42.3 Å². The van der Waals surface area contributed by atoms with Crippen LogP contribution in [-0.2, 0) is 42.9 Å². The molecular weight excluding hydrogens is 645 g/mol. The van der Waals surface area contributed by atoms with Crippen molar-refractivity contribution in [1.29, 1.82) is 0 Å². The van der Waals surface area contributed by atoms with Crippen molar-refractivity contribution in [1.82, 2.24) is 10.6 Å². The number of carbonyl (C=O) groups excluding carboxylic acids is 5. The minimum Gasteiger partial charge on any atom is -0.460 e. The zero-order chi connectivity index (χ0) is 35.5. The molecule has 1 saturated heterocycles. The van der Waals surface area contributed by atoms with Crippen LogP contribution in [-0.4, -0.2) is 97.5 Å². The predicted octanol–water partition coefficient (Wildman–Crippen LogP) is 2.51. The molecule has 0 spiro atoms. The van der Waals surface area contributed by atoms with E-state index in [-0.39, 0.29) is 56.8 Å². The maximum atomic E-state index is 12.9. The van der Waals surface area contributed by atoms with E-state index in [1.807, 2.05) is 0 Å². The van der Waals surface area contributed by atoms with Crippen LogP contribution in [0.2, 0.25) is 0 Å². The Bertz CT molecular complexity index is 1370. The number of aliphatic hydroxyl groups excluding tert-OH is 1. The first-order valence-corrected chi connectivity index (χ1v) is 15.1. The fraction of sp³-hybridized carbons (Fsp3) is 0.531. The molecule has 1 aromatic carbocycles. The molecule has 1 aliphatic heterocycles. The fourth-order valence-corrected chi connectivity index (χ4v) is 4.62. The monoisotopic (exact) mass is 684 g/mol. The zero-order valence-corrected chi connectivity index (χ0v) is 26.7. The highest BCUT2D eigenvalue weighted by atomic mass is 19.4. The lowest BCUT2D eigenvalue weighted by Crippen LogP contribution is -2.44. The van der Waals surface area contributed by atoms with Crippen LogP contribution in [0, 0.1) is 0 Å². The molecule has 48 heavy (non-hydrogen) atoms. The largest absolute Gasteiger partial charge is 0.460 e. The zero-order valence-electron chi connectivity index (χ0n) is 26.7. The smallest absolute Gasteiger partial charge is 0.422 e. The Morgan fingerprint density at radius 3 is 2.42 bits per heavy atom. The Morgan fingerprint density at radius 1 is 1.06 bits per heavy atom.